The van der Waals surface area contributed by atoms with Crippen LogP contribution in [0.1, 0.15) is 26.3 Å². The van der Waals surface area contributed by atoms with Crippen molar-refractivity contribution in [3.8, 4) is 5.69 Å². The number of nitrogens with two attached hydrogens (primary N) is 1. The van der Waals surface area contributed by atoms with Gasteiger partial charge in [0, 0.05) is 6.07 Å². The van der Waals surface area contributed by atoms with E-state index in [-0.39, 0.29) is 16.9 Å². The Balaban J connectivity index is 2.31. The molecule has 0 saturated heterocycles. The lowest BCUT2D eigenvalue weighted by molar-refractivity contribution is 0.0880. The number of imide groups is 1. The van der Waals surface area contributed by atoms with Gasteiger partial charge in [-0.05, 0) is 19.1 Å². The van der Waals surface area contributed by atoms with E-state index in [4.69, 9.17) is 5.73 Å². The summed E-state index contributed by atoms with van der Waals surface area (Å²) in [5.41, 5.74) is 7.12. The van der Waals surface area contributed by atoms with Crippen LogP contribution in [-0.4, -0.2) is 16.4 Å². The molecule has 0 bridgehead atoms. The Morgan fingerprint density at radius 2 is 1.70 bits per heavy atom. The highest BCUT2D eigenvalue weighted by atomic mass is 16.2. The van der Waals surface area contributed by atoms with E-state index in [0.717, 1.165) is 11.6 Å². The number of nitrogens with one attached hydrogen (secondary N) is 1. The largest absolute Gasteiger partial charge is 0.384 e. The number of aromatic nitrogens is 1. The molecule has 0 radical (unpaired) electrons. The van der Waals surface area contributed by atoms with Crippen LogP contribution in [0.5, 0.6) is 0 Å². The predicted molar refractivity (Wildman–Crippen MR) is 73.0 cm³/mol. The first-order valence-corrected chi connectivity index (χ1v) is 5.97. The molecule has 0 unspecified atom stereocenters. The fourth-order valence-corrected chi connectivity index (χ4v) is 2.24. The standard InChI is InChI=1S/C14H11N3O3/c1-7-2-4-8(5-3-7)17-10(18)6-9-11(12(17)15)14(20)16-13(9)19/h2-6H,15H2,1H3,(H,16,19,20). The van der Waals surface area contributed by atoms with Gasteiger partial charge in [-0.25, -0.2) is 0 Å². The monoisotopic (exact) mass is 269 g/mol. The van der Waals surface area contributed by atoms with E-state index < -0.39 is 17.4 Å². The molecular formula is C14H11N3O3. The molecule has 1 aromatic heterocycles. The molecule has 3 rings (SSSR count). The second-order valence-electron chi connectivity index (χ2n) is 4.61. The molecule has 1 aromatic carbocycles. The Labute approximate surface area is 113 Å². The van der Waals surface area contributed by atoms with Crippen LogP contribution >= 0.6 is 0 Å². The lowest BCUT2D eigenvalue weighted by Crippen LogP contribution is -2.24. The summed E-state index contributed by atoms with van der Waals surface area (Å²) in [4.78, 5) is 35.4. The highest BCUT2D eigenvalue weighted by Gasteiger charge is 2.31. The molecule has 0 fully saturated rings. The van der Waals surface area contributed by atoms with Gasteiger partial charge in [-0.1, -0.05) is 17.7 Å². The molecule has 6 nitrogen and oxygen atoms in total. The first-order valence-electron chi connectivity index (χ1n) is 5.97. The zero-order chi connectivity index (χ0) is 14.4. The minimum atomic E-state index is -0.593. The average molecular weight is 269 g/mol. The van der Waals surface area contributed by atoms with Gasteiger partial charge >= 0.3 is 0 Å². The quantitative estimate of drug-likeness (QED) is 0.742. The van der Waals surface area contributed by atoms with Gasteiger partial charge in [0.2, 0.25) is 0 Å². The van der Waals surface area contributed by atoms with Gasteiger partial charge in [-0.2, -0.15) is 0 Å². The van der Waals surface area contributed by atoms with Crippen molar-refractivity contribution in [1.29, 1.82) is 0 Å². The van der Waals surface area contributed by atoms with Crippen LogP contribution in [-0.2, 0) is 0 Å². The lowest BCUT2D eigenvalue weighted by atomic mass is 10.1. The summed E-state index contributed by atoms with van der Waals surface area (Å²) < 4.78 is 1.22. The van der Waals surface area contributed by atoms with Crippen molar-refractivity contribution in [3.63, 3.8) is 0 Å². The molecule has 2 aromatic rings. The Hall–Kier alpha value is -2.89. The molecule has 1 aliphatic heterocycles. The van der Waals surface area contributed by atoms with Crippen molar-refractivity contribution >= 4 is 17.6 Å². The average Bonchev–Trinajstić information content (AvgIpc) is 2.67. The number of hydrogen-bond donors (Lipinski definition) is 2. The number of carbonyl (C=O) groups is 2. The normalized spacial score (nSPS) is 13.2. The molecule has 0 saturated carbocycles. The van der Waals surface area contributed by atoms with Crippen LogP contribution < -0.4 is 16.6 Å². The zero-order valence-corrected chi connectivity index (χ0v) is 10.6. The van der Waals surface area contributed by atoms with E-state index in [0.29, 0.717) is 5.69 Å². The van der Waals surface area contributed by atoms with Crippen molar-refractivity contribution in [2.24, 2.45) is 0 Å². The summed E-state index contributed by atoms with van der Waals surface area (Å²) in [5.74, 6) is -1.20. The van der Waals surface area contributed by atoms with E-state index in [1.165, 1.54) is 4.57 Å². The molecular weight excluding hydrogens is 258 g/mol. The molecule has 0 spiro atoms. The third-order valence-electron chi connectivity index (χ3n) is 3.25. The van der Waals surface area contributed by atoms with Crippen LogP contribution in [0.4, 0.5) is 5.82 Å². The Morgan fingerprint density at radius 1 is 1.05 bits per heavy atom. The molecule has 1 aliphatic rings. The topological polar surface area (TPSA) is 94.2 Å². The molecule has 2 amide bonds. The Morgan fingerprint density at radius 3 is 2.35 bits per heavy atom. The molecule has 100 valence electrons. The molecule has 20 heavy (non-hydrogen) atoms. The van der Waals surface area contributed by atoms with Gasteiger partial charge in [0.25, 0.3) is 17.4 Å². The first kappa shape index (κ1) is 12.2. The summed E-state index contributed by atoms with van der Waals surface area (Å²) in [6.45, 7) is 1.92. The Bertz CT molecular complexity index is 804. The molecule has 2 heterocycles. The third-order valence-corrected chi connectivity index (χ3v) is 3.25. The van der Waals surface area contributed by atoms with Crippen LogP contribution in [0.15, 0.2) is 35.1 Å². The summed E-state index contributed by atoms with van der Waals surface area (Å²) in [6.07, 6.45) is 0. The highest BCUT2D eigenvalue weighted by Crippen LogP contribution is 2.22. The van der Waals surface area contributed by atoms with Gasteiger partial charge < -0.3 is 5.73 Å². The van der Waals surface area contributed by atoms with Crippen molar-refractivity contribution < 1.29 is 9.59 Å². The molecule has 0 atom stereocenters. The highest BCUT2D eigenvalue weighted by molar-refractivity contribution is 6.23. The van der Waals surface area contributed by atoms with Gasteiger partial charge in [0.15, 0.2) is 0 Å². The number of rotatable bonds is 1. The molecule has 0 aliphatic carbocycles. The van der Waals surface area contributed by atoms with E-state index in [9.17, 15) is 14.4 Å². The second-order valence-corrected chi connectivity index (χ2v) is 4.61. The van der Waals surface area contributed by atoms with E-state index in [1.54, 1.807) is 12.1 Å². The van der Waals surface area contributed by atoms with Crippen molar-refractivity contribution in [1.82, 2.24) is 9.88 Å². The summed E-state index contributed by atoms with van der Waals surface area (Å²) in [7, 11) is 0. The number of pyridine rings is 1. The minimum Gasteiger partial charge on any atom is -0.384 e. The number of nitrogens with zero attached hydrogens (tertiary/aromatic N) is 1. The summed E-state index contributed by atoms with van der Waals surface area (Å²) in [5, 5.41) is 2.13. The fourth-order valence-electron chi connectivity index (χ4n) is 2.24. The van der Waals surface area contributed by atoms with Gasteiger partial charge in [-0.15, -0.1) is 0 Å². The zero-order valence-electron chi connectivity index (χ0n) is 10.6. The van der Waals surface area contributed by atoms with Gasteiger partial charge in [-0.3, -0.25) is 24.3 Å². The third kappa shape index (κ3) is 1.62. The van der Waals surface area contributed by atoms with E-state index in [1.807, 2.05) is 19.1 Å². The minimum absolute atomic E-state index is 0.0281. The van der Waals surface area contributed by atoms with Crippen LogP contribution in [0, 0.1) is 6.92 Å². The SMILES string of the molecule is Cc1ccc(-n2c(N)c3c(cc2=O)C(=O)NC3=O)cc1. The maximum Gasteiger partial charge on any atom is 0.262 e. The second kappa shape index (κ2) is 4.06. The lowest BCUT2D eigenvalue weighted by Gasteiger charge is -2.11. The number of fused-ring (bicyclic) bond motifs is 1. The Kier molecular flexibility index (Phi) is 2.47. The number of amides is 2. The van der Waals surface area contributed by atoms with Crippen molar-refractivity contribution in [2.45, 2.75) is 6.92 Å². The number of nitrogen functional groups attached to an aromatic ring is 1. The van der Waals surface area contributed by atoms with Crippen molar-refractivity contribution in [2.75, 3.05) is 5.73 Å². The van der Waals surface area contributed by atoms with E-state index in [2.05, 4.69) is 5.32 Å². The van der Waals surface area contributed by atoms with Gasteiger partial charge in [0.1, 0.15) is 5.82 Å². The van der Waals surface area contributed by atoms with Crippen LogP contribution in [0.25, 0.3) is 5.69 Å². The number of carbonyl (C=O) groups excluding carboxylic acids is 2. The number of aryl methyl sites for hydroxylation is 1. The maximum atomic E-state index is 12.1. The predicted octanol–water partition coefficient (Wildman–Crippen LogP) is 0.612. The fraction of sp³-hybridized carbons (Fsp3) is 0.0714. The van der Waals surface area contributed by atoms with E-state index >= 15 is 0 Å². The first-order chi connectivity index (χ1) is 9.49. The molecule has 6 heteroatoms. The summed E-state index contributed by atoms with van der Waals surface area (Å²) in [6, 6.07) is 8.26. The van der Waals surface area contributed by atoms with Crippen LogP contribution in [0.2, 0.25) is 0 Å². The van der Waals surface area contributed by atoms with Crippen molar-refractivity contribution in [3.05, 3.63) is 57.4 Å². The number of benzene rings is 1. The summed E-state index contributed by atoms with van der Waals surface area (Å²) >= 11 is 0. The smallest absolute Gasteiger partial charge is 0.262 e. The molecule has 3 N–H and O–H groups in total. The van der Waals surface area contributed by atoms with Crippen LogP contribution in [0.3, 0.4) is 0 Å². The number of anilines is 1. The van der Waals surface area contributed by atoms with Gasteiger partial charge in [0.05, 0.1) is 16.8 Å². The number of hydrogen-bond acceptors (Lipinski definition) is 4. The maximum absolute atomic E-state index is 12.1.